The lowest BCUT2D eigenvalue weighted by molar-refractivity contribution is -0.129. The highest BCUT2D eigenvalue weighted by Crippen LogP contribution is 2.17. The molecule has 0 bridgehead atoms. The SMILES string of the molecule is CCOC(=O)c1cn(-c2ccccc2)nc1CN(CC)C(=O)C(Cl)Cl. The Labute approximate surface area is 156 Å². The molecular weight excluding hydrogens is 365 g/mol. The highest BCUT2D eigenvalue weighted by molar-refractivity contribution is 6.53. The predicted octanol–water partition coefficient (Wildman–Crippen LogP) is 3.20. The smallest absolute Gasteiger partial charge is 0.341 e. The summed E-state index contributed by atoms with van der Waals surface area (Å²) in [4.78, 5) is 24.6. The minimum atomic E-state index is -1.16. The summed E-state index contributed by atoms with van der Waals surface area (Å²) in [7, 11) is 0. The van der Waals surface area contributed by atoms with Crippen molar-refractivity contribution in [3.8, 4) is 5.69 Å². The maximum Gasteiger partial charge on any atom is 0.341 e. The van der Waals surface area contributed by atoms with Gasteiger partial charge in [0.05, 0.1) is 24.5 Å². The quantitative estimate of drug-likeness (QED) is 0.543. The Morgan fingerprint density at radius 1 is 1.24 bits per heavy atom. The topological polar surface area (TPSA) is 64.4 Å². The standard InChI is InChI=1S/C17H19Cl2N3O3/c1-3-21(16(23)15(18)19)11-14-13(17(24)25-4-2)10-22(20-14)12-8-6-5-7-9-12/h5-10,15H,3-4,11H2,1-2H3. The molecule has 1 heterocycles. The second kappa shape index (κ2) is 8.87. The summed E-state index contributed by atoms with van der Waals surface area (Å²) >= 11 is 11.4. The number of ether oxygens (including phenoxy) is 1. The van der Waals surface area contributed by atoms with Crippen molar-refractivity contribution in [1.82, 2.24) is 14.7 Å². The summed E-state index contributed by atoms with van der Waals surface area (Å²) in [5, 5.41) is 4.45. The number of carbonyl (C=O) groups is 2. The molecule has 1 amide bonds. The first-order chi connectivity index (χ1) is 12.0. The van der Waals surface area contributed by atoms with Crippen molar-refractivity contribution >= 4 is 35.1 Å². The molecule has 1 aromatic carbocycles. The van der Waals surface area contributed by atoms with Crippen molar-refractivity contribution in [2.45, 2.75) is 25.2 Å². The Hall–Kier alpha value is -2.05. The van der Waals surface area contributed by atoms with Gasteiger partial charge in [0.2, 0.25) is 0 Å². The van der Waals surface area contributed by atoms with Crippen LogP contribution >= 0.6 is 23.2 Å². The maximum absolute atomic E-state index is 12.3. The number of carbonyl (C=O) groups excluding carboxylic acids is 2. The maximum atomic E-state index is 12.3. The van der Waals surface area contributed by atoms with E-state index in [1.54, 1.807) is 24.7 Å². The second-order valence-corrected chi connectivity index (χ2v) is 6.24. The first-order valence-corrected chi connectivity index (χ1v) is 8.73. The fourth-order valence-corrected chi connectivity index (χ4v) is 2.56. The lowest BCUT2D eigenvalue weighted by Crippen LogP contribution is -2.34. The number of hydrogen-bond donors (Lipinski definition) is 0. The Morgan fingerprint density at radius 3 is 2.48 bits per heavy atom. The van der Waals surface area contributed by atoms with Crippen molar-refractivity contribution in [2.24, 2.45) is 0 Å². The van der Waals surface area contributed by atoms with E-state index < -0.39 is 16.7 Å². The van der Waals surface area contributed by atoms with E-state index in [9.17, 15) is 9.59 Å². The Morgan fingerprint density at radius 2 is 1.92 bits per heavy atom. The number of para-hydroxylation sites is 1. The first kappa shape index (κ1) is 19.3. The van der Waals surface area contributed by atoms with Gasteiger partial charge in [-0.3, -0.25) is 4.79 Å². The molecule has 0 atom stereocenters. The third-order valence-corrected chi connectivity index (χ3v) is 3.90. The zero-order chi connectivity index (χ0) is 18.4. The Kier molecular flexibility index (Phi) is 6.84. The number of esters is 1. The van der Waals surface area contributed by atoms with Crippen LogP contribution < -0.4 is 0 Å². The largest absolute Gasteiger partial charge is 0.462 e. The summed E-state index contributed by atoms with van der Waals surface area (Å²) < 4.78 is 6.68. The zero-order valence-electron chi connectivity index (χ0n) is 14.0. The second-order valence-electron chi connectivity index (χ2n) is 5.14. The average molecular weight is 384 g/mol. The van der Waals surface area contributed by atoms with Gasteiger partial charge in [-0.15, -0.1) is 0 Å². The van der Waals surface area contributed by atoms with Gasteiger partial charge in [0.15, 0.2) is 4.84 Å². The number of halogens is 2. The number of aromatic nitrogens is 2. The van der Waals surface area contributed by atoms with Crippen LogP contribution in [-0.2, 0) is 16.1 Å². The molecule has 2 aromatic rings. The molecule has 2 rings (SSSR count). The summed E-state index contributed by atoms with van der Waals surface area (Å²) in [6, 6.07) is 9.35. The molecule has 0 saturated heterocycles. The number of alkyl halides is 2. The van der Waals surface area contributed by atoms with Crippen LogP contribution in [0.4, 0.5) is 0 Å². The normalized spacial score (nSPS) is 10.8. The van der Waals surface area contributed by atoms with E-state index in [4.69, 9.17) is 27.9 Å². The molecule has 0 spiro atoms. The molecule has 0 unspecified atom stereocenters. The van der Waals surface area contributed by atoms with Crippen molar-refractivity contribution in [3.63, 3.8) is 0 Å². The summed E-state index contributed by atoms with van der Waals surface area (Å²) in [5.41, 5.74) is 1.52. The molecular formula is C17H19Cl2N3O3. The van der Waals surface area contributed by atoms with E-state index in [1.165, 1.54) is 4.90 Å². The van der Waals surface area contributed by atoms with Gasteiger partial charge in [-0.05, 0) is 26.0 Å². The highest BCUT2D eigenvalue weighted by Gasteiger charge is 2.24. The molecule has 0 aliphatic carbocycles. The lowest BCUT2D eigenvalue weighted by Gasteiger charge is -2.20. The molecule has 134 valence electrons. The van der Waals surface area contributed by atoms with Crippen LogP contribution in [0.5, 0.6) is 0 Å². The van der Waals surface area contributed by atoms with Crippen molar-refractivity contribution in [3.05, 3.63) is 47.8 Å². The van der Waals surface area contributed by atoms with Gasteiger partial charge in [-0.2, -0.15) is 5.10 Å². The van der Waals surface area contributed by atoms with E-state index in [0.29, 0.717) is 17.8 Å². The monoisotopic (exact) mass is 383 g/mol. The average Bonchev–Trinajstić information content (AvgIpc) is 3.04. The molecule has 0 fully saturated rings. The number of hydrogen-bond acceptors (Lipinski definition) is 4. The van der Waals surface area contributed by atoms with Gasteiger partial charge in [0.25, 0.3) is 5.91 Å². The predicted molar refractivity (Wildman–Crippen MR) is 96.1 cm³/mol. The molecule has 0 N–H and O–H groups in total. The van der Waals surface area contributed by atoms with Gasteiger partial charge in [0.1, 0.15) is 5.56 Å². The third kappa shape index (κ3) is 4.74. The van der Waals surface area contributed by atoms with Crippen LogP contribution in [0.1, 0.15) is 29.9 Å². The molecule has 6 nitrogen and oxygen atoms in total. The molecule has 25 heavy (non-hydrogen) atoms. The van der Waals surface area contributed by atoms with Crippen molar-refractivity contribution < 1.29 is 14.3 Å². The minimum absolute atomic E-state index is 0.110. The molecule has 0 aliphatic heterocycles. The third-order valence-electron chi connectivity index (χ3n) is 3.53. The van der Waals surface area contributed by atoms with E-state index >= 15 is 0 Å². The van der Waals surface area contributed by atoms with E-state index in [1.807, 2.05) is 30.3 Å². The lowest BCUT2D eigenvalue weighted by atomic mass is 10.2. The summed E-state index contributed by atoms with van der Waals surface area (Å²) in [6.45, 7) is 4.27. The van der Waals surface area contributed by atoms with E-state index in [-0.39, 0.29) is 13.2 Å². The van der Waals surface area contributed by atoms with Gasteiger partial charge in [-0.1, -0.05) is 41.4 Å². The van der Waals surface area contributed by atoms with Gasteiger partial charge < -0.3 is 9.64 Å². The van der Waals surface area contributed by atoms with Crippen molar-refractivity contribution in [1.29, 1.82) is 0 Å². The molecule has 0 radical (unpaired) electrons. The Bertz CT molecular complexity index is 732. The first-order valence-electron chi connectivity index (χ1n) is 7.85. The van der Waals surface area contributed by atoms with Gasteiger partial charge in [0, 0.05) is 12.7 Å². The zero-order valence-corrected chi connectivity index (χ0v) is 15.5. The van der Waals surface area contributed by atoms with Crippen LogP contribution in [0.15, 0.2) is 36.5 Å². The molecule has 0 saturated carbocycles. The minimum Gasteiger partial charge on any atom is -0.462 e. The van der Waals surface area contributed by atoms with Crippen LogP contribution in [0.3, 0.4) is 0 Å². The number of rotatable bonds is 7. The number of nitrogens with zero attached hydrogens (tertiary/aromatic N) is 3. The van der Waals surface area contributed by atoms with Crippen LogP contribution in [0, 0.1) is 0 Å². The molecule has 1 aromatic heterocycles. The highest BCUT2D eigenvalue weighted by atomic mass is 35.5. The van der Waals surface area contributed by atoms with Gasteiger partial charge in [-0.25, -0.2) is 9.48 Å². The molecule has 0 aliphatic rings. The number of benzene rings is 1. The summed E-state index contributed by atoms with van der Waals surface area (Å²) in [6.07, 6.45) is 1.60. The Balaban J connectivity index is 2.38. The van der Waals surface area contributed by atoms with Crippen LogP contribution in [0.25, 0.3) is 5.69 Å². The van der Waals surface area contributed by atoms with Gasteiger partial charge >= 0.3 is 5.97 Å². The fourth-order valence-electron chi connectivity index (χ4n) is 2.28. The van der Waals surface area contributed by atoms with Crippen molar-refractivity contribution in [2.75, 3.05) is 13.2 Å². The van der Waals surface area contributed by atoms with Crippen LogP contribution in [0.2, 0.25) is 0 Å². The van der Waals surface area contributed by atoms with E-state index in [0.717, 1.165) is 5.69 Å². The van der Waals surface area contributed by atoms with Crippen LogP contribution in [-0.4, -0.2) is 44.5 Å². The molecule has 8 heteroatoms. The van der Waals surface area contributed by atoms with E-state index in [2.05, 4.69) is 5.10 Å². The fraction of sp³-hybridized carbons (Fsp3) is 0.353. The summed E-state index contributed by atoms with van der Waals surface area (Å²) in [5.74, 6) is -0.925. The number of amides is 1.